The highest BCUT2D eigenvalue weighted by Crippen LogP contribution is 2.28. The molecule has 7 heteroatoms. The van der Waals surface area contributed by atoms with Crippen LogP contribution in [-0.4, -0.2) is 24.3 Å². The summed E-state index contributed by atoms with van der Waals surface area (Å²) in [5, 5.41) is 19.6. The third kappa shape index (κ3) is 4.05. The summed E-state index contributed by atoms with van der Waals surface area (Å²) in [5.74, 6) is 0.862. The van der Waals surface area contributed by atoms with Crippen molar-refractivity contribution in [2.45, 2.75) is 6.61 Å². The molecule has 0 unspecified atom stereocenters. The molecule has 0 fully saturated rings. The van der Waals surface area contributed by atoms with Crippen LogP contribution in [0.2, 0.25) is 10.0 Å². The van der Waals surface area contributed by atoms with Gasteiger partial charge < -0.3 is 19.5 Å². The minimum absolute atomic E-state index is 0.212. The summed E-state index contributed by atoms with van der Waals surface area (Å²) in [6.07, 6.45) is 0. The molecular weight excluding hydrogens is 314 g/mol. The van der Waals surface area contributed by atoms with Crippen LogP contribution in [-0.2, 0) is 6.61 Å². The first-order chi connectivity index (χ1) is 10.0. The lowest BCUT2D eigenvalue weighted by atomic mass is 9.79. The van der Waals surface area contributed by atoms with Crippen LogP contribution in [0.25, 0.3) is 0 Å². The lowest BCUT2D eigenvalue weighted by molar-refractivity contribution is 0.306. The molecule has 0 amide bonds. The minimum atomic E-state index is -1.62. The second-order valence-electron chi connectivity index (χ2n) is 4.31. The molecule has 0 aromatic heterocycles. The van der Waals surface area contributed by atoms with Crippen LogP contribution in [0.5, 0.6) is 11.5 Å². The molecule has 0 bridgehead atoms. The Hall–Kier alpha value is -1.40. The number of methoxy groups -OCH3 is 1. The standard InChI is InChI=1S/C14H13BCl2O4/c1-20-13-5-2-9(6-11(13)15(18)19)8-21-14-7-10(16)3-4-12(14)17/h2-7,18-19H,8H2,1H3. The molecular formula is C14H13BCl2O4. The van der Waals surface area contributed by atoms with E-state index in [2.05, 4.69) is 0 Å². The molecule has 0 atom stereocenters. The summed E-state index contributed by atoms with van der Waals surface area (Å²) in [6, 6.07) is 9.95. The molecule has 110 valence electrons. The zero-order valence-electron chi connectivity index (χ0n) is 11.2. The molecule has 0 radical (unpaired) electrons. The smallest absolute Gasteiger partial charge is 0.492 e. The van der Waals surface area contributed by atoms with Gasteiger partial charge >= 0.3 is 7.12 Å². The highest BCUT2D eigenvalue weighted by atomic mass is 35.5. The molecule has 0 saturated heterocycles. The summed E-state index contributed by atoms with van der Waals surface area (Å²) in [5.41, 5.74) is 1.02. The zero-order chi connectivity index (χ0) is 15.4. The van der Waals surface area contributed by atoms with Crippen molar-refractivity contribution >= 4 is 35.8 Å². The molecule has 0 heterocycles. The van der Waals surface area contributed by atoms with E-state index in [1.807, 2.05) is 0 Å². The van der Waals surface area contributed by atoms with E-state index >= 15 is 0 Å². The normalized spacial score (nSPS) is 10.3. The maximum absolute atomic E-state index is 9.32. The Morgan fingerprint density at radius 1 is 1.05 bits per heavy atom. The van der Waals surface area contributed by atoms with E-state index < -0.39 is 7.12 Å². The molecule has 21 heavy (non-hydrogen) atoms. The Kier molecular flexibility index (Phi) is 5.36. The predicted octanol–water partition coefficient (Wildman–Crippen LogP) is 2.26. The Morgan fingerprint density at radius 2 is 1.81 bits per heavy atom. The van der Waals surface area contributed by atoms with Gasteiger partial charge in [-0.15, -0.1) is 0 Å². The average molecular weight is 327 g/mol. The molecule has 2 rings (SSSR count). The van der Waals surface area contributed by atoms with Gasteiger partial charge in [0.05, 0.1) is 12.1 Å². The third-order valence-electron chi connectivity index (χ3n) is 2.86. The maximum atomic E-state index is 9.32. The van der Waals surface area contributed by atoms with E-state index in [0.717, 1.165) is 5.56 Å². The van der Waals surface area contributed by atoms with Crippen LogP contribution in [0, 0.1) is 0 Å². The topological polar surface area (TPSA) is 58.9 Å². The second-order valence-corrected chi connectivity index (χ2v) is 5.16. The van der Waals surface area contributed by atoms with Gasteiger partial charge in [0.25, 0.3) is 0 Å². The van der Waals surface area contributed by atoms with Gasteiger partial charge in [-0.05, 0) is 23.8 Å². The van der Waals surface area contributed by atoms with Gasteiger partial charge in [-0.1, -0.05) is 35.3 Å². The Bertz CT molecular complexity index is 634. The highest BCUT2D eigenvalue weighted by molar-refractivity contribution is 6.59. The summed E-state index contributed by atoms with van der Waals surface area (Å²) in [6.45, 7) is 0.212. The van der Waals surface area contributed by atoms with Gasteiger partial charge in [0.15, 0.2) is 0 Å². The number of ether oxygens (including phenoxy) is 2. The molecule has 0 aliphatic carbocycles. The van der Waals surface area contributed by atoms with Crippen LogP contribution in [0.3, 0.4) is 0 Å². The van der Waals surface area contributed by atoms with Crippen LogP contribution < -0.4 is 14.9 Å². The SMILES string of the molecule is COc1ccc(COc2cc(Cl)ccc2Cl)cc1B(O)O. The summed E-state index contributed by atoms with van der Waals surface area (Å²) in [4.78, 5) is 0. The van der Waals surface area contributed by atoms with E-state index in [0.29, 0.717) is 21.5 Å². The van der Waals surface area contributed by atoms with Crippen molar-refractivity contribution in [3.63, 3.8) is 0 Å². The van der Waals surface area contributed by atoms with Crippen LogP contribution in [0.1, 0.15) is 5.56 Å². The first-order valence-corrected chi connectivity index (χ1v) is 6.87. The number of benzene rings is 2. The molecule has 0 saturated carbocycles. The number of hydrogen-bond acceptors (Lipinski definition) is 4. The van der Waals surface area contributed by atoms with Gasteiger partial charge in [0.1, 0.15) is 18.1 Å². The van der Waals surface area contributed by atoms with Gasteiger partial charge in [-0.25, -0.2) is 0 Å². The first-order valence-electron chi connectivity index (χ1n) is 6.12. The molecule has 2 aromatic rings. The van der Waals surface area contributed by atoms with E-state index in [1.54, 1.807) is 36.4 Å². The van der Waals surface area contributed by atoms with E-state index in [9.17, 15) is 10.0 Å². The van der Waals surface area contributed by atoms with E-state index in [-0.39, 0.29) is 12.1 Å². The number of rotatable bonds is 5. The summed E-state index contributed by atoms with van der Waals surface area (Å²) >= 11 is 11.9. The Morgan fingerprint density at radius 3 is 2.48 bits per heavy atom. The molecule has 0 spiro atoms. The average Bonchev–Trinajstić information content (AvgIpc) is 2.47. The Balaban J connectivity index is 2.16. The van der Waals surface area contributed by atoms with Gasteiger partial charge in [0.2, 0.25) is 0 Å². The van der Waals surface area contributed by atoms with Crippen LogP contribution >= 0.6 is 23.2 Å². The third-order valence-corrected chi connectivity index (χ3v) is 3.41. The van der Waals surface area contributed by atoms with Crippen molar-refractivity contribution in [1.82, 2.24) is 0 Å². The molecule has 2 N–H and O–H groups in total. The van der Waals surface area contributed by atoms with E-state index in [4.69, 9.17) is 32.7 Å². The van der Waals surface area contributed by atoms with Crippen LogP contribution in [0.15, 0.2) is 36.4 Å². The van der Waals surface area contributed by atoms with Crippen molar-refractivity contribution in [2.24, 2.45) is 0 Å². The molecule has 4 nitrogen and oxygen atoms in total. The van der Waals surface area contributed by atoms with Crippen molar-refractivity contribution in [3.8, 4) is 11.5 Å². The molecule has 0 aliphatic heterocycles. The largest absolute Gasteiger partial charge is 0.497 e. The quantitative estimate of drug-likeness (QED) is 0.827. The van der Waals surface area contributed by atoms with Crippen molar-refractivity contribution in [2.75, 3.05) is 7.11 Å². The fourth-order valence-electron chi connectivity index (χ4n) is 1.82. The minimum Gasteiger partial charge on any atom is -0.497 e. The molecule has 2 aromatic carbocycles. The zero-order valence-corrected chi connectivity index (χ0v) is 12.7. The fraction of sp³-hybridized carbons (Fsp3) is 0.143. The highest BCUT2D eigenvalue weighted by Gasteiger charge is 2.17. The van der Waals surface area contributed by atoms with Crippen LogP contribution in [0.4, 0.5) is 0 Å². The van der Waals surface area contributed by atoms with Crippen molar-refractivity contribution < 1.29 is 19.5 Å². The first kappa shape index (κ1) is 16.0. The predicted molar refractivity (Wildman–Crippen MR) is 83.6 cm³/mol. The lowest BCUT2D eigenvalue weighted by Crippen LogP contribution is -2.31. The van der Waals surface area contributed by atoms with Crippen molar-refractivity contribution in [1.29, 1.82) is 0 Å². The second kappa shape index (κ2) is 7.05. The monoisotopic (exact) mass is 326 g/mol. The molecule has 0 aliphatic rings. The Labute approximate surface area is 133 Å². The maximum Gasteiger partial charge on any atom is 0.492 e. The lowest BCUT2D eigenvalue weighted by Gasteiger charge is -2.12. The summed E-state index contributed by atoms with van der Waals surface area (Å²) in [7, 11) is -0.155. The van der Waals surface area contributed by atoms with Crippen molar-refractivity contribution in [3.05, 3.63) is 52.0 Å². The summed E-state index contributed by atoms with van der Waals surface area (Å²) < 4.78 is 10.7. The number of hydrogen-bond donors (Lipinski definition) is 2. The van der Waals surface area contributed by atoms with Gasteiger partial charge in [-0.3, -0.25) is 0 Å². The van der Waals surface area contributed by atoms with E-state index in [1.165, 1.54) is 7.11 Å². The fourth-order valence-corrected chi connectivity index (χ4v) is 2.16. The van der Waals surface area contributed by atoms with Gasteiger partial charge in [-0.2, -0.15) is 0 Å². The van der Waals surface area contributed by atoms with Gasteiger partial charge in [0, 0.05) is 16.6 Å². The number of halogens is 2.